The fraction of sp³-hybridized carbons (Fsp3) is 0.372. The lowest BCUT2D eigenvalue weighted by molar-refractivity contribution is -0.146. The van der Waals surface area contributed by atoms with Crippen LogP contribution in [0.1, 0.15) is 114 Å². The number of benzene rings is 3. The van der Waals surface area contributed by atoms with E-state index in [-0.39, 0.29) is 44.9 Å². The Kier molecular flexibility index (Phi) is 15.6. The molecule has 0 amide bonds. The van der Waals surface area contributed by atoms with Crippen molar-refractivity contribution in [2.45, 2.75) is 96.2 Å². The van der Waals surface area contributed by atoms with Gasteiger partial charge in [0.05, 0.1) is 18.2 Å². The number of alkyl halides is 3. The molecule has 12 nitrogen and oxygen atoms in total. The summed E-state index contributed by atoms with van der Waals surface area (Å²) in [5.41, 5.74) is -0.690. The Morgan fingerprint density at radius 1 is 0.638 bits per heavy atom. The summed E-state index contributed by atoms with van der Waals surface area (Å²) in [4.78, 5) is 64.6. The van der Waals surface area contributed by atoms with Crippen LogP contribution >= 0.6 is 0 Å². The number of carboxylic acid groups (broad SMARTS) is 1. The number of aryl methyl sites for hydroxylation is 1. The van der Waals surface area contributed by atoms with Crippen LogP contribution in [0.2, 0.25) is 0 Å². The van der Waals surface area contributed by atoms with E-state index < -0.39 is 75.9 Å². The predicted molar refractivity (Wildman–Crippen MR) is 208 cm³/mol. The smallest absolute Gasteiger partial charge is 0.423 e. The zero-order chi connectivity index (χ0) is 44.9. The quantitative estimate of drug-likeness (QED) is 0.111. The number of aromatic hydroxyl groups is 1. The molecule has 314 valence electrons. The van der Waals surface area contributed by atoms with Crippen LogP contribution in [-0.4, -0.2) is 52.1 Å². The molecule has 0 bridgehead atoms. The first-order valence-electron chi connectivity index (χ1n) is 18.2. The minimum Gasteiger partial charge on any atom is -0.508 e. The number of methoxy groups -OCH3 is 1. The zero-order valence-corrected chi connectivity index (χ0v) is 35.0. The number of ether oxygens (including phenoxy) is 4. The second-order valence-corrected chi connectivity index (χ2v) is 12.9. The lowest BCUT2D eigenvalue weighted by atomic mass is 9.93. The second kappa shape index (κ2) is 18.9. The molecular weight excluding hydrogens is 765 g/mol. The molecule has 1 aliphatic carbocycles. The third-order valence-corrected chi connectivity index (χ3v) is 9.71. The van der Waals surface area contributed by atoms with Gasteiger partial charge in [0.25, 0.3) is 0 Å². The summed E-state index contributed by atoms with van der Waals surface area (Å²) in [5, 5.41) is 30.3. The number of carboxylic acids is 1. The Balaban J connectivity index is 0.00000281. The predicted octanol–water partition coefficient (Wildman–Crippen LogP) is 9.45. The van der Waals surface area contributed by atoms with Crippen molar-refractivity contribution in [3.8, 4) is 23.0 Å². The van der Waals surface area contributed by atoms with Gasteiger partial charge in [-0.2, -0.15) is 13.2 Å². The van der Waals surface area contributed by atoms with Gasteiger partial charge in [0.2, 0.25) is 0 Å². The van der Waals surface area contributed by atoms with Crippen LogP contribution < -0.4 is 14.2 Å². The molecule has 0 saturated carbocycles. The minimum absolute atomic E-state index is 0.0951. The summed E-state index contributed by atoms with van der Waals surface area (Å²) in [6.45, 7) is 21.3. The van der Waals surface area contributed by atoms with E-state index >= 15 is 0 Å². The Bertz CT molecular complexity index is 2220. The fourth-order valence-electron chi connectivity index (χ4n) is 6.32. The average molecular weight is 815 g/mol. The number of carbonyl (C=O) groups excluding carboxylic acids is 4. The molecule has 58 heavy (non-hydrogen) atoms. The van der Waals surface area contributed by atoms with Crippen molar-refractivity contribution in [2.24, 2.45) is 5.92 Å². The van der Waals surface area contributed by atoms with Crippen molar-refractivity contribution in [3.63, 3.8) is 0 Å². The Morgan fingerprint density at radius 3 is 1.59 bits per heavy atom. The van der Waals surface area contributed by atoms with E-state index in [4.69, 9.17) is 18.9 Å². The molecule has 0 aliphatic heterocycles. The number of halogens is 3. The SMILES string of the molecule is CC.CC.COC1=CC(O)=CC(=O)C1C(=O)Oc1c(C)c(C)c(C(=O)Oc2cc(C)c(C(=O)Oc3c(C)c(C)c(C(=O)O)c(C)c3C)c(C)c2C)c(O)c1C(F)(F)F. The van der Waals surface area contributed by atoms with E-state index in [0.29, 0.717) is 33.9 Å². The number of aliphatic hydroxyl groups is 1. The van der Waals surface area contributed by atoms with Crippen LogP contribution in [-0.2, 0) is 20.5 Å². The summed E-state index contributed by atoms with van der Waals surface area (Å²) in [6, 6.07) is 1.30. The number of ketones is 1. The molecule has 0 fully saturated rings. The van der Waals surface area contributed by atoms with Crippen LogP contribution in [0.5, 0.6) is 23.0 Å². The van der Waals surface area contributed by atoms with Gasteiger partial charge in [-0.1, -0.05) is 27.7 Å². The molecule has 3 aromatic rings. The minimum atomic E-state index is -5.39. The summed E-state index contributed by atoms with van der Waals surface area (Å²) >= 11 is 0. The number of carbonyl (C=O) groups is 5. The standard InChI is InChI=1S/C39H37F3O12.2C2H6/c1-14-11-25(15(2)16(3)27(14)36(48)53-33-20(7)17(4)28(35(46)47)18(5)21(33)8)52-37(49)29-19(6)22(9)34(31(32(29)45)39(40,41)42)54-38(50)30-24(44)12-23(43)13-26(30)51-10;2*1-2/h11-13,30,43,45H,1-10H3,(H,46,47);2*1-2H3. The van der Waals surface area contributed by atoms with Crippen LogP contribution in [0.15, 0.2) is 29.7 Å². The molecule has 3 aromatic carbocycles. The van der Waals surface area contributed by atoms with Crippen molar-refractivity contribution in [3.05, 3.63) is 102 Å². The van der Waals surface area contributed by atoms with Crippen molar-refractivity contribution in [2.75, 3.05) is 7.11 Å². The third-order valence-electron chi connectivity index (χ3n) is 9.71. The number of aliphatic hydroxyl groups excluding tert-OH is 1. The van der Waals surface area contributed by atoms with Crippen molar-refractivity contribution in [1.82, 2.24) is 0 Å². The molecule has 0 aromatic heterocycles. The molecule has 3 N–H and O–H groups in total. The van der Waals surface area contributed by atoms with E-state index in [9.17, 15) is 52.5 Å². The molecule has 0 heterocycles. The van der Waals surface area contributed by atoms with Crippen LogP contribution in [0.4, 0.5) is 13.2 Å². The number of esters is 3. The van der Waals surface area contributed by atoms with E-state index in [2.05, 4.69) is 0 Å². The summed E-state index contributed by atoms with van der Waals surface area (Å²) in [6.07, 6.45) is -3.81. The van der Waals surface area contributed by atoms with Gasteiger partial charge in [-0.05, 0) is 118 Å². The van der Waals surface area contributed by atoms with E-state index in [0.717, 1.165) is 20.1 Å². The van der Waals surface area contributed by atoms with Gasteiger partial charge in [-0.25, -0.2) is 14.4 Å². The summed E-state index contributed by atoms with van der Waals surface area (Å²) < 4.78 is 64.9. The number of hydrogen-bond donors (Lipinski definition) is 3. The highest BCUT2D eigenvalue weighted by Gasteiger charge is 2.44. The zero-order valence-electron chi connectivity index (χ0n) is 35.0. The average Bonchev–Trinajstić information content (AvgIpc) is 3.14. The summed E-state index contributed by atoms with van der Waals surface area (Å²) in [5.74, 6) is -11.4. The normalized spacial score (nSPS) is 13.5. The van der Waals surface area contributed by atoms with E-state index in [1.54, 1.807) is 27.7 Å². The van der Waals surface area contributed by atoms with Gasteiger partial charge in [0.1, 0.15) is 45.6 Å². The fourth-order valence-corrected chi connectivity index (χ4v) is 6.32. The maximum absolute atomic E-state index is 14.5. The monoisotopic (exact) mass is 814 g/mol. The molecule has 1 atom stereocenters. The first-order chi connectivity index (χ1) is 27.0. The summed E-state index contributed by atoms with van der Waals surface area (Å²) in [7, 11) is 1.07. The molecular formula is C43H49F3O12. The number of phenolic OH excluding ortho intramolecular Hbond substituents is 1. The number of rotatable bonds is 8. The van der Waals surface area contributed by atoms with Crippen LogP contribution in [0, 0.1) is 68.2 Å². The largest absolute Gasteiger partial charge is 0.508 e. The molecule has 0 spiro atoms. The van der Waals surface area contributed by atoms with Crippen molar-refractivity contribution in [1.29, 1.82) is 0 Å². The molecule has 1 aliphatic rings. The Morgan fingerprint density at radius 2 is 1.10 bits per heavy atom. The van der Waals surface area contributed by atoms with E-state index in [1.165, 1.54) is 33.8 Å². The van der Waals surface area contributed by atoms with Gasteiger partial charge < -0.3 is 34.3 Å². The van der Waals surface area contributed by atoms with Gasteiger partial charge >= 0.3 is 30.1 Å². The number of phenols is 1. The van der Waals surface area contributed by atoms with Crippen molar-refractivity contribution < 1.29 is 71.4 Å². The highest BCUT2D eigenvalue weighted by atomic mass is 19.4. The van der Waals surface area contributed by atoms with E-state index in [1.807, 2.05) is 27.7 Å². The van der Waals surface area contributed by atoms with Gasteiger partial charge in [-0.3, -0.25) is 9.59 Å². The number of hydrogen-bond acceptors (Lipinski definition) is 11. The number of aromatic carboxylic acids is 1. The second-order valence-electron chi connectivity index (χ2n) is 12.9. The Hall–Kier alpha value is -6.12. The highest BCUT2D eigenvalue weighted by Crippen LogP contribution is 2.48. The molecule has 0 radical (unpaired) electrons. The molecule has 1 unspecified atom stereocenters. The first kappa shape index (κ1) is 48.0. The molecule has 15 heteroatoms. The lowest BCUT2D eigenvalue weighted by Crippen LogP contribution is -2.32. The first-order valence-corrected chi connectivity index (χ1v) is 18.2. The lowest BCUT2D eigenvalue weighted by Gasteiger charge is -2.24. The Labute approximate surface area is 334 Å². The highest BCUT2D eigenvalue weighted by molar-refractivity contribution is 6.09. The third kappa shape index (κ3) is 9.19. The van der Waals surface area contributed by atoms with Crippen molar-refractivity contribution >= 4 is 29.7 Å². The van der Waals surface area contributed by atoms with Crippen LogP contribution in [0.25, 0.3) is 0 Å². The van der Waals surface area contributed by atoms with Gasteiger partial charge in [0, 0.05) is 12.2 Å². The van der Waals surface area contributed by atoms with Gasteiger partial charge in [-0.15, -0.1) is 0 Å². The molecule has 0 saturated heterocycles. The number of allylic oxidation sites excluding steroid dienone is 2. The topological polar surface area (TPSA) is 183 Å². The van der Waals surface area contributed by atoms with Gasteiger partial charge in [0.15, 0.2) is 11.7 Å². The van der Waals surface area contributed by atoms with Crippen LogP contribution in [0.3, 0.4) is 0 Å². The maximum Gasteiger partial charge on any atom is 0.423 e. The maximum atomic E-state index is 14.5. The molecule has 4 rings (SSSR count).